The topological polar surface area (TPSA) is 35.5 Å². The maximum atomic E-state index is 10.0. The van der Waals surface area contributed by atoms with E-state index in [2.05, 4.69) is 4.74 Å². The van der Waals surface area contributed by atoms with E-state index in [1.165, 1.54) is 0 Å². The number of ether oxygens (including phenoxy) is 2. The van der Waals surface area contributed by atoms with Gasteiger partial charge >= 0.3 is 0 Å². The molecule has 0 spiro atoms. The molecule has 0 heterocycles. The van der Waals surface area contributed by atoms with Crippen LogP contribution >= 0.6 is 0 Å². The first-order chi connectivity index (χ1) is 6.69. The van der Waals surface area contributed by atoms with Crippen molar-refractivity contribution in [3.8, 4) is 5.75 Å². The largest absolute Gasteiger partial charge is 0.496 e. The van der Waals surface area contributed by atoms with Gasteiger partial charge in [0.2, 0.25) is 0 Å². The first-order valence-electron chi connectivity index (χ1n) is 4.38. The molecule has 1 aromatic rings. The maximum Gasteiger partial charge on any atom is 0.293 e. The summed E-state index contributed by atoms with van der Waals surface area (Å²) in [5, 5.41) is 0. The second-order valence-electron chi connectivity index (χ2n) is 3.17. The Balaban J connectivity index is 2.95. The zero-order valence-corrected chi connectivity index (χ0v) is 8.66. The molecule has 14 heavy (non-hydrogen) atoms. The average molecular weight is 194 g/mol. The number of carbonyl (C=O) groups is 1. The van der Waals surface area contributed by atoms with Crippen LogP contribution in [-0.4, -0.2) is 13.6 Å². The highest BCUT2D eigenvalue weighted by Crippen LogP contribution is 2.24. The third kappa shape index (κ3) is 2.25. The van der Waals surface area contributed by atoms with Crippen LogP contribution in [0, 0.1) is 13.8 Å². The molecule has 1 rings (SSSR count). The molecule has 1 aromatic carbocycles. The average Bonchev–Trinajstić information content (AvgIpc) is 2.14. The molecule has 0 aromatic heterocycles. The van der Waals surface area contributed by atoms with Crippen molar-refractivity contribution in [1.29, 1.82) is 0 Å². The minimum atomic E-state index is 0.315. The van der Waals surface area contributed by atoms with E-state index in [4.69, 9.17) is 4.74 Å². The number of carbonyl (C=O) groups excluding carboxylic acids is 1. The summed E-state index contributed by atoms with van der Waals surface area (Å²) in [6.45, 7) is 4.70. The Morgan fingerprint density at radius 1 is 1.29 bits per heavy atom. The standard InChI is InChI=1S/C11H14O3/c1-8-4-10(6-14-7-12)5-9(2)11(8)13-3/h4-5,7H,6H2,1-3H3. The second-order valence-corrected chi connectivity index (χ2v) is 3.17. The summed E-state index contributed by atoms with van der Waals surface area (Å²) in [4.78, 5) is 10.0. The summed E-state index contributed by atoms with van der Waals surface area (Å²) < 4.78 is 9.91. The second kappa shape index (κ2) is 4.65. The van der Waals surface area contributed by atoms with E-state index in [9.17, 15) is 4.79 Å². The van der Waals surface area contributed by atoms with Gasteiger partial charge in [0, 0.05) is 0 Å². The summed E-state index contributed by atoms with van der Waals surface area (Å²) in [7, 11) is 1.65. The van der Waals surface area contributed by atoms with Gasteiger partial charge in [-0.3, -0.25) is 4.79 Å². The van der Waals surface area contributed by atoms with E-state index in [-0.39, 0.29) is 0 Å². The van der Waals surface area contributed by atoms with Gasteiger partial charge in [0.1, 0.15) is 12.4 Å². The van der Waals surface area contributed by atoms with E-state index >= 15 is 0 Å². The van der Waals surface area contributed by atoms with Crippen LogP contribution in [0.25, 0.3) is 0 Å². The first-order valence-corrected chi connectivity index (χ1v) is 4.38. The van der Waals surface area contributed by atoms with Crippen LogP contribution in [0.15, 0.2) is 12.1 Å². The summed E-state index contributed by atoms with van der Waals surface area (Å²) in [6.07, 6.45) is 0. The fourth-order valence-electron chi connectivity index (χ4n) is 1.58. The molecule has 0 atom stereocenters. The van der Waals surface area contributed by atoms with Gasteiger partial charge in [-0.05, 0) is 42.7 Å². The van der Waals surface area contributed by atoms with E-state index in [0.29, 0.717) is 13.1 Å². The maximum absolute atomic E-state index is 10.0. The number of hydrogen-bond acceptors (Lipinski definition) is 3. The Morgan fingerprint density at radius 2 is 1.86 bits per heavy atom. The van der Waals surface area contributed by atoms with Crippen molar-refractivity contribution >= 4 is 6.47 Å². The lowest BCUT2D eigenvalue weighted by molar-refractivity contribution is -0.129. The molecule has 0 saturated heterocycles. The predicted molar refractivity (Wildman–Crippen MR) is 53.3 cm³/mol. The minimum absolute atomic E-state index is 0.315. The van der Waals surface area contributed by atoms with Crippen LogP contribution in [0.5, 0.6) is 5.75 Å². The van der Waals surface area contributed by atoms with Gasteiger partial charge in [-0.2, -0.15) is 0 Å². The molecular weight excluding hydrogens is 180 g/mol. The molecule has 0 aliphatic heterocycles. The van der Waals surface area contributed by atoms with Crippen LogP contribution in [0.3, 0.4) is 0 Å². The summed E-state index contributed by atoms with van der Waals surface area (Å²) >= 11 is 0. The molecule has 0 N–H and O–H groups in total. The third-order valence-corrected chi connectivity index (χ3v) is 2.04. The highest BCUT2D eigenvalue weighted by atomic mass is 16.5. The molecule has 0 saturated carbocycles. The predicted octanol–water partition coefficient (Wildman–Crippen LogP) is 1.99. The number of benzene rings is 1. The number of methoxy groups -OCH3 is 1. The molecule has 0 amide bonds. The summed E-state index contributed by atoms with van der Waals surface area (Å²) in [6, 6.07) is 3.91. The van der Waals surface area contributed by atoms with Gasteiger partial charge in [-0.25, -0.2) is 0 Å². The van der Waals surface area contributed by atoms with Crippen LogP contribution < -0.4 is 4.74 Å². The zero-order chi connectivity index (χ0) is 10.6. The van der Waals surface area contributed by atoms with Crippen LogP contribution in [0.1, 0.15) is 16.7 Å². The normalized spacial score (nSPS) is 9.64. The Labute approximate surface area is 83.6 Å². The number of rotatable bonds is 4. The number of hydrogen-bond donors (Lipinski definition) is 0. The molecule has 76 valence electrons. The smallest absolute Gasteiger partial charge is 0.293 e. The summed E-state index contributed by atoms with van der Waals surface area (Å²) in [5.74, 6) is 0.889. The van der Waals surface area contributed by atoms with Gasteiger partial charge in [0.25, 0.3) is 6.47 Å². The van der Waals surface area contributed by atoms with Gasteiger partial charge in [-0.15, -0.1) is 0 Å². The van der Waals surface area contributed by atoms with Gasteiger partial charge in [-0.1, -0.05) is 0 Å². The van der Waals surface area contributed by atoms with Gasteiger partial charge < -0.3 is 9.47 Å². The molecular formula is C11H14O3. The zero-order valence-electron chi connectivity index (χ0n) is 8.66. The lowest BCUT2D eigenvalue weighted by Gasteiger charge is -2.10. The van der Waals surface area contributed by atoms with E-state index in [1.807, 2.05) is 26.0 Å². The third-order valence-electron chi connectivity index (χ3n) is 2.04. The Bertz CT molecular complexity index is 308. The number of aryl methyl sites for hydroxylation is 2. The molecule has 3 heteroatoms. The Hall–Kier alpha value is -1.51. The molecule has 0 unspecified atom stereocenters. The molecule has 0 fully saturated rings. The van der Waals surface area contributed by atoms with Crippen molar-refractivity contribution in [1.82, 2.24) is 0 Å². The van der Waals surface area contributed by atoms with Crippen molar-refractivity contribution < 1.29 is 14.3 Å². The van der Waals surface area contributed by atoms with E-state index in [0.717, 1.165) is 22.4 Å². The highest BCUT2D eigenvalue weighted by Gasteiger charge is 2.04. The van der Waals surface area contributed by atoms with Crippen molar-refractivity contribution in [3.05, 3.63) is 28.8 Å². The summed E-state index contributed by atoms with van der Waals surface area (Å²) in [5.41, 5.74) is 3.09. The molecule has 0 aliphatic rings. The Kier molecular flexibility index (Phi) is 3.51. The van der Waals surface area contributed by atoms with Gasteiger partial charge in [0.05, 0.1) is 7.11 Å². The molecule has 0 aliphatic carbocycles. The quantitative estimate of drug-likeness (QED) is 0.687. The first kappa shape index (κ1) is 10.6. The lowest BCUT2D eigenvalue weighted by atomic mass is 10.1. The van der Waals surface area contributed by atoms with Crippen molar-refractivity contribution in [2.75, 3.05) is 7.11 Å². The molecule has 0 bridgehead atoms. The van der Waals surface area contributed by atoms with Crippen molar-refractivity contribution in [2.45, 2.75) is 20.5 Å². The minimum Gasteiger partial charge on any atom is -0.496 e. The van der Waals surface area contributed by atoms with Crippen LogP contribution in [-0.2, 0) is 16.1 Å². The lowest BCUT2D eigenvalue weighted by Crippen LogP contribution is -1.96. The highest BCUT2D eigenvalue weighted by molar-refractivity contribution is 5.44. The molecule has 0 radical (unpaired) electrons. The van der Waals surface area contributed by atoms with Crippen molar-refractivity contribution in [3.63, 3.8) is 0 Å². The van der Waals surface area contributed by atoms with E-state index in [1.54, 1.807) is 7.11 Å². The monoisotopic (exact) mass is 194 g/mol. The Morgan fingerprint density at radius 3 is 2.29 bits per heavy atom. The van der Waals surface area contributed by atoms with Gasteiger partial charge in [0.15, 0.2) is 0 Å². The van der Waals surface area contributed by atoms with Crippen LogP contribution in [0.4, 0.5) is 0 Å². The van der Waals surface area contributed by atoms with E-state index < -0.39 is 0 Å². The molecule has 3 nitrogen and oxygen atoms in total. The fraction of sp³-hybridized carbons (Fsp3) is 0.364. The fourth-order valence-corrected chi connectivity index (χ4v) is 1.58. The van der Waals surface area contributed by atoms with Crippen LogP contribution in [0.2, 0.25) is 0 Å². The van der Waals surface area contributed by atoms with Crippen molar-refractivity contribution in [2.24, 2.45) is 0 Å². The SMILES string of the molecule is COc1c(C)cc(COC=O)cc1C.